The van der Waals surface area contributed by atoms with E-state index in [9.17, 15) is 18.7 Å². The Morgan fingerprint density at radius 3 is 2.28 bits per heavy atom. The lowest BCUT2D eigenvalue weighted by Gasteiger charge is -2.33. The van der Waals surface area contributed by atoms with Crippen molar-refractivity contribution in [3.8, 4) is 16.9 Å². The standard InChI is InChI=1S/C19H15ClF2O3.2C2H6/c1-19(22,10-21)17-14(18(23)24)7-12-8-15(20)13(9-16(12)25-17)11-5-3-2-4-6-11;2*1-2/h2-9,17H,10H2,1H3,(H,23,24);2*1-2H3. The molecule has 2 atom stereocenters. The number of carboxylic acid groups (broad SMARTS) is 1. The van der Waals surface area contributed by atoms with Gasteiger partial charge in [0, 0.05) is 16.1 Å². The zero-order valence-electron chi connectivity index (χ0n) is 17.3. The summed E-state index contributed by atoms with van der Waals surface area (Å²) in [6.45, 7) is 7.62. The molecule has 3 nitrogen and oxygen atoms in total. The van der Waals surface area contributed by atoms with Crippen LogP contribution < -0.4 is 4.74 Å². The summed E-state index contributed by atoms with van der Waals surface area (Å²) in [7, 11) is 0. The number of ether oxygens (including phenoxy) is 1. The van der Waals surface area contributed by atoms with E-state index in [2.05, 4.69) is 0 Å². The first kappa shape index (κ1) is 24.6. The molecule has 29 heavy (non-hydrogen) atoms. The van der Waals surface area contributed by atoms with E-state index >= 15 is 0 Å². The number of carbonyl (C=O) groups is 1. The Balaban J connectivity index is 0.000000989. The van der Waals surface area contributed by atoms with Crippen LogP contribution in [0.3, 0.4) is 0 Å². The lowest BCUT2D eigenvalue weighted by molar-refractivity contribution is -0.134. The predicted octanol–water partition coefficient (Wildman–Crippen LogP) is 6.99. The Kier molecular flexibility index (Phi) is 9.31. The van der Waals surface area contributed by atoms with Gasteiger partial charge < -0.3 is 9.84 Å². The molecule has 1 N–H and O–H groups in total. The summed E-state index contributed by atoms with van der Waals surface area (Å²) in [6, 6.07) is 12.4. The third-order valence-corrected chi connectivity index (χ3v) is 4.39. The highest BCUT2D eigenvalue weighted by molar-refractivity contribution is 6.33. The second-order valence-electron chi connectivity index (χ2n) is 6.05. The minimum Gasteiger partial charge on any atom is -0.481 e. The van der Waals surface area contributed by atoms with Crippen LogP contribution in [0.5, 0.6) is 5.75 Å². The summed E-state index contributed by atoms with van der Waals surface area (Å²) in [5.74, 6) is -1.10. The Morgan fingerprint density at radius 1 is 1.17 bits per heavy atom. The zero-order chi connectivity index (χ0) is 22.2. The zero-order valence-corrected chi connectivity index (χ0v) is 18.1. The number of halogens is 3. The lowest BCUT2D eigenvalue weighted by atomic mass is 9.90. The molecule has 0 amide bonds. The van der Waals surface area contributed by atoms with Crippen LogP contribution in [0, 0.1) is 0 Å². The van der Waals surface area contributed by atoms with Gasteiger partial charge >= 0.3 is 5.97 Å². The van der Waals surface area contributed by atoms with E-state index in [0.717, 1.165) is 12.5 Å². The first-order valence-electron chi connectivity index (χ1n) is 9.59. The quantitative estimate of drug-likeness (QED) is 0.575. The molecule has 6 heteroatoms. The van der Waals surface area contributed by atoms with Gasteiger partial charge in [-0.05, 0) is 30.7 Å². The number of rotatable bonds is 4. The summed E-state index contributed by atoms with van der Waals surface area (Å²) in [5, 5.41) is 9.73. The van der Waals surface area contributed by atoms with Gasteiger partial charge in [-0.3, -0.25) is 0 Å². The summed E-state index contributed by atoms with van der Waals surface area (Å²) < 4.78 is 33.1. The number of hydrogen-bond acceptors (Lipinski definition) is 2. The average molecular weight is 425 g/mol. The fraction of sp³-hybridized carbons (Fsp3) is 0.348. The molecule has 2 aromatic carbocycles. The van der Waals surface area contributed by atoms with Crippen molar-refractivity contribution in [1.82, 2.24) is 0 Å². The van der Waals surface area contributed by atoms with Crippen molar-refractivity contribution in [2.24, 2.45) is 0 Å². The summed E-state index contributed by atoms with van der Waals surface area (Å²) in [4.78, 5) is 11.4. The molecule has 0 fully saturated rings. The molecule has 1 aliphatic rings. The maximum atomic E-state index is 14.5. The second kappa shape index (κ2) is 11.0. The first-order chi connectivity index (χ1) is 13.8. The van der Waals surface area contributed by atoms with Gasteiger partial charge in [0.05, 0.1) is 5.57 Å². The van der Waals surface area contributed by atoms with E-state index in [4.69, 9.17) is 16.3 Å². The van der Waals surface area contributed by atoms with E-state index in [1.54, 1.807) is 12.1 Å². The van der Waals surface area contributed by atoms with Gasteiger partial charge in [0.15, 0.2) is 11.8 Å². The summed E-state index contributed by atoms with van der Waals surface area (Å²) in [5.41, 5.74) is -0.912. The van der Waals surface area contributed by atoms with Gasteiger partial charge in [0.2, 0.25) is 0 Å². The Morgan fingerprint density at radius 2 is 1.76 bits per heavy atom. The number of aliphatic carboxylic acids is 1. The van der Waals surface area contributed by atoms with Crippen molar-refractivity contribution in [1.29, 1.82) is 0 Å². The fourth-order valence-electron chi connectivity index (χ4n) is 2.75. The molecule has 1 heterocycles. The molecule has 2 unspecified atom stereocenters. The van der Waals surface area contributed by atoms with Gasteiger partial charge in [-0.1, -0.05) is 69.6 Å². The third kappa shape index (κ3) is 5.57. The maximum Gasteiger partial charge on any atom is 0.335 e. The minimum absolute atomic E-state index is 0.260. The van der Waals surface area contributed by atoms with Crippen LogP contribution in [0.2, 0.25) is 5.02 Å². The monoisotopic (exact) mass is 424 g/mol. The smallest absolute Gasteiger partial charge is 0.335 e. The van der Waals surface area contributed by atoms with Crippen molar-refractivity contribution in [2.75, 3.05) is 6.67 Å². The van der Waals surface area contributed by atoms with Crippen molar-refractivity contribution >= 4 is 23.6 Å². The van der Waals surface area contributed by atoms with Crippen LogP contribution in [0.15, 0.2) is 48.0 Å². The average Bonchev–Trinajstić information content (AvgIpc) is 2.75. The molecule has 0 saturated carbocycles. The molecule has 0 saturated heterocycles. The highest BCUT2D eigenvalue weighted by Crippen LogP contribution is 2.41. The van der Waals surface area contributed by atoms with Gasteiger partial charge in [-0.15, -0.1) is 0 Å². The Labute approximate surface area is 176 Å². The molecule has 0 bridgehead atoms. The van der Waals surface area contributed by atoms with Crippen LogP contribution in [-0.2, 0) is 4.79 Å². The molecule has 3 rings (SSSR count). The van der Waals surface area contributed by atoms with Crippen LogP contribution >= 0.6 is 11.6 Å². The summed E-state index contributed by atoms with van der Waals surface area (Å²) >= 11 is 6.31. The molecular weight excluding hydrogens is 398 g/mol. The topological polar surface area (TPSA) is 46.5 Å². The number of carboxylic acids is 1. The van der Waals surface area contributed by atoms with Gasteiger partial charge in [0.25, 0.3) is 0 Å². The maximum absolute atomic E-state index is 14.5. The van der Waals surface area contributed by atoms with E-state index in [1.165, 1.54) is 6.08 Å². The number of hydrogen-bond donors (Lipinski definition) is 1. The highest BCUT2D eigenvalue weighted by Gasteiger charge is 2.44. The van der Waals surface area contributed by atoms with Crippen molar-refractivity contribution < 1.29 is 23.4 Å². The van der Waals surface area contributed by atoms with Gasteiger partial charge in [-0.25, -0.2) is 13.6 Å². The first-order valence-corrected chi connectivity index (χ1v) is 9.96. The predicted molar refractivity (Wildman–Crippen MR) is 115 cm³/mol. The van der Waals surface area contributed by atoms with Crippen LogP contribution in [0.4, 0.5) is 8.78 Å². The third-order valence-electron chi connectivity index (χ3n) is 4.08. The van der Waals surface area contributed by atoms with E-state index in [1.807, 2.05) is 58.0 Å². The number of fused-ring (bicyclic) bond motifs is 1. The number of benzene rings is 2. The molecule has 0 spiro atoms. The molecule has 1 aliphatic heterocycles. The molecule has 2 aromatic rings. The molecule has 0 radical (unpaired) electrons. The molecule has 158 valence electrons. The van der Waals surface area contributed by atoms with E-state index < -0.39 is 24.4 Å². The number of alkyl halides is 2. The lowest BCUT2D eigenvalue weighted by Crippen LogP contribution is -2.45. The van der Waals surface area contributed by atoms with Gasteiger partial charge in [-0.2, -0.15) is 0 Å². The molecule has 0 aromatic heterocycles. The van der Waals surface area contributed by atoms with Crippen molar-refractivity contribution in [3.63, 3.8) is 0 Å². The van der Waals surface area contributed by atoms with Crippen molar-refractivity contribution in [2.45, 2.75) is 46.4 Å². The van der Waals surface area contributed by atoms with E-state index in [-0.39, 0.29) is 11.3 Å². The fourth-order valence-corrected chi connectivity index (χ4v) is 3.03. The Bertz CT molecular complexity index is 849. The van der Waals surface area contributed by atoms with E-state index in [0.29, 0.717) is 16.1 Å². The molecule has 0 aliphatic carbocycles. The second-order valence-corrected chi connectivity index (χ2v) is 6.46. The van der Waals surface area contributed by atoms with Crippen LogP contribution in [0.25, 0.3) is 17.2 Å². The SMILES string of the molecule is CC.CC.CC(F)(CF)C1Oc2cc(-c3ccccc3)c(Cl)cc2C=C1C(=O)O. The molecular formula is C23H27ClF2O3. The van der Waals surface area contributed by atoms with Crippen molar-refractivity contribution in [3.05, 3.63) is 58.6 Å². The van der Waals surface area contributed by atoms with Crippen LogP contribution in [-0.4, -0.2) is 29.5 Å². The normalized spacial score (nSPS) is 16.4. The Hall–Kier alpha value is -2.40. The van der Waals surface area contributed by atoms with Crippen LogP contribution in [0.1, 0.15) is 40.2 Å². The van der Waals surface area contributed by atoms with Gasteiger partial charge in [0.1, 0.15) is 12.4 Å². The minimum atomic E-state index is -2.46. The largest absolute Gasteiger partial charge is 0.481 e. The summed E-state index contributed by atoms with van der Waals surface area (Å²) in [6.07, 6.45) is -0.271. The highest BCUT2D eigenvalue weighted by atomic mass is 35.5.